The Labute approximate surface area is 75.4 Å². The number of hydrogen-bond donors (Lipinski definition) is 0. The molecule has 0 bridgehead atoms. The van der Waals surface area contributed by atoms with Gasteiger partial charge in [-0.2, -0.15) is 5.10 Å². The number of halogens is 1. The normalized spacial score (nSPS) is 10.1. The molecule has 2 nitrogen and oxygen atoms in total. The summed E-state index contributed by atoms with van der Waals surface area (Å²) in [6.07, 6.45) is 3.37. The van der Waals surface area contributed by atoms with Gasteiger partial charge in [-0.15, -0.1) is 0 Å². The standard InChI is InChI=1S/C9H6ClN2/c10-8-6-11-12(7-8)9-4-2-1-3-5-9/h2-7H. The Kier molecular flexibility index (Phi) is 1.84. The smallest absolute Gasteiger partial charge is 0.0790 e. The summed E-state index contributed by atoms with van der Waals surface area (Å²) < 4.78 is 1.72. The third-order valence-electron chi connectivity index (χ3n) is 1.52. The van der Waals surface area contributed by atoms with E-state index in [1.165, 1.54) is 0 Å². The molecule has 1 heterocycles. The third-order valence-corrected chi connectivity index (χ3v) is 1.71. The first-order valence-electron chi connectivity index (χ1n) is 3.53. The number of nitrogens with zero attached hydrogens (tertiary/aromatic N) is 2. The summed E-state index contributed by atoms with van der Waals surface area (Å²) in [5.41, 5.74) is 0.987. The van der Waals surface area contributed by atoms with Crippen molar-refractivity contribution in [3.05, 3.63) is 47.7 Å². The van der Waals surface area contributed by atoms with Crippen LogP contribution in [-0.2, 0) is 0 Å². The van der Waals surface area contributed by atoms with Gasteiger partial charge in [-0.05, 0) is 18.2 Å². The number of aromatic nitrogens is 2. The predicted molar refractivity (Wildman–Crippen MR) is 47.4 cm³/mol. The van der Waals surface area contributed by atoms with Gasteiger partial charge < -0.3 is 0 Å². The Morgan fingerprint density at radius 2 is 2.08 bits per heavy atom. The van der Waals surface area contributed by atoms with Crippen LogP contribution in [0, 0.1) is 6.07 Å². The predicted octanol–water partition coefficient (Wildman–Crippen LogP) is 2.33. The van der Waals surface area contributed by atoms with Crippen molar-refractivity contribution in [3.63, 3.8) is 0 Å². The van der Waals surface area contributed by atoms with Gasteiger partial charge in [-0.25, -0.2) is 4.68 Å². The summed E-state index contributed by atoms with van der Waals surface area (Å²) >= 11 is 5.72. The second-order valence-electron chi connectivity index (χ2n) is 2.36. The molecule has 59 valence electrons. The van der Waals surface area contributed by atoms with Gasteiger partial charge in [0.2, 0.25) is 0 Å². The van der Waals surface area contributed by atoms with E-state index in [-0.39, 0.29) is 0 Å². The largest absolute Gasteiger partial charge is 0.239 e. The third kappa shape index (κ3) is 1.34. The Morgan fingerprint density at radius 1 is 1.33 bits per heavy atom. The summed E-state index contributed by atoms with van der Waals surface area (Å²) in [6.45, 7) is 0. The lowest BCUT2D eigenvalue weighted by atomic mass is 10.3. The van der Waals surface area contributed by atoms with Crippen molar-refractivity contribution in [2.45, 2.75) is 0 Å². The van der Waals surface area contributed by atoms with E-state index < -0.39 is 0 Å². The minimum absolute atomic E-state index is 0.642. The Bertz CT molecular complexity index is 367. The van der Waals surface area contributed by atoms with Crippen LogP contribution in [0.5, 0.6) is 0 Å². The van der Waals surface area contributed by atoms with E-state index in [9.17, 15) is 0 Å². The fourth-order valence-corrected chi connectivity index (χ4v) is 1.11. The van der Waals surface area contributed by atoms with Crippen LogP contribution in [0.2, 0.25) is 5.02 Å². The van der Waals surface area contributed by atoms with Crippen LogP contribution in [0.15, 0.2) is 36.7 Å². The topological polar surface area (TPSA) is 17.8 Å². The molecule has 0 spiro atoms. The molecule has 12 heavy (non-hydrogen) atoms. The van der Waals surface area contributed by atoms with E-state index in [4.69, 9.17) is 11.6 Å². The van der Waals surface area contributed by atoms with E-state index in [1.807, 2.05) is 24.3 Å². The molecule has 2 rings (SSSR count). The summed E-state index contributed by atoms with van der Waals surface area (Å²) in [6, 6.07) is 10.5. The van der Waals surface area contributed by atoms with Gasteiger partial charge in [0.05, 0.1) is 16.9 Å². The van der Waals surface area contributed by atoms with Gasteiger partial charge in [-0.3, -0.25) is 0 Å². The van der Waals surface area contributed by atoms with Crippen LogP contribution in [0.3, 0.4) is 0 Å². The molecule has 1 aromatic heterocycles. The molecule has 1 radical (unpaired) electrons. The molecular formula is C9H6ClN2. The number of benzene rings is 1. The molecule has 0 amide bonds. The van der Waals surface area contributed by atoms with Gasteiger partial charge in [0.15, 0.2) is 0 Å². The van der Waals surface area contributed by atoms with E-state index in [1.54, 1.807) is 17.1 Å². The molecule has 0 N–H and O–H groups in total. The second kappa shape index (κ2) is 2.99. The van der Waals surface area contributed by atoms with Crippen molar-refractivity contribution in [3.8, 4) is 5.69 Å². The average Bonchev–Trinajstić information content (AvgIpc) is 2.54. The summed E-state index contributed by atoms with van der Waals surface area (Å²) in [5.74, 6) is 0. The Hall–Kier alpha value is -1.28. The average molecular weight is 178 g/mol. The molecular weight excluding hydrogens is 172 g/mol. The van der Waals surface area contributed by atoms with E-state index in [0.717, 1.165) is 5.69 Å². The lowest BCUT2D eigenvalue weighted by Crippen LogP contribution is -1.92. The van der Waals surface area contributed by atoms with Crippen molar-refractivity contribution in [1.29, 1.82) is 0 Å². The van der Waals surface area contributed by atoms with Crippen molar-refractivity contribution in [2.24, 2.45) is 0 Å². The maximum Gasteiger partial charge on any atom is 0.0790 e. The van der Waals surface area contributed by atoms with Crippen LogP contribution in [-0.4, -0.2) is 9.78 Å². The van der Waals surface area contributed by atoms with Gasteiger partial charge in [-0.1, -0.05) is 23.7 Å². The number of hydrogen-bond acceptors (Lipinski definition) is 1. The van der Waals surface area contributed by atoms with E-state index in [2.05, 4.69) is 11.2 Å². The molecule has 0 atom stereocenters. The van der Waals surface area contributed by atoms with Crippen LogP contribution >= 0.6 is 11.6 Å². The maximum absolute atomic E-state index is 5.72. The molecule has 0 aliphatic heterocycles. The summed E-state index contributed by atoms with van der Waals surface area (Å²) in [5, 5.41) is 4.70. The zero-order valence-electron chi connectivity index (χ0n) is 6.24. The highest BCUT2D eigenvalue weighted by Crippen LogP contribution is 2.10. The van der Waals surface area contributed by atoms with Gasteiger partial charge in [0.1, 0.15) is 0 Å². The Balaban J connectivity index is 2.45. The first kappa shape index (κ1) is 7.37. The van der Waals surface area contributed by atoms with Crippen LogP contribution in [0.25, 0.3) is 5.69 Å². The molecule has 2 aromatic rings. The van der Waals surface area contributed by atoms with Crippen LogP contribution in [0.1, 0.15) is 0 Å². The maximum atomic E-state index is 5.72. The molecule has 0 saturated heterocycles. The van der Waals surface area contributed by atoms with Gasteiger partial charge in [0, 0.05) is 6.20 Å². The second-order valence-corrected chi connectivity index (χ2v) is 2.80. The molecule has 1 aromatic carbocycles. The minimum atomic E-state index is 0.642. The Morgan fingerprint density at radius 3 is 2.67 bits per heavy atom. The fraction of sp³-hybridized carbons (Fsp3) is 0. The molecule has 3 heteroatoms. The summed E-state index contributed by atoms with van der Waals surface area (Å²) in [7, 11) is 0. The molecule has 0 fully saturated rings. The first-order valence-corrected chi connectivity index (χ1v) is 3.91. The lowest BCUT2D eigenvalue weighted by molar-refractivity contribution is 0.880. The zero-order chi connectivity index (χ0) is 8.39. The fourth-order valence-electron chi connectivity index (χ4n) is 0.973. The highest BCUT2D eigenvalue weighted by molar-refractivity contribution is 6.30. The van der Waals surface area contributed by atoms with Crippen molar-refractivity contribution >= 4 is 11.6 Å². The van der Waals surface area contributed by atoms with E-state index >= 15 is 0 Å². The first-order chi connectivity index (χ1) is 5.86. The van der Waals surface area contributed by atoms with Crippen molar-refractivity contribution < 1.29 is 0 Å². The highest BCUT2D eigenvalue weighted by atomic mass is 35.5. The SMILES string of the molecule is Clc1cnn(-c2cc[c]cc2)c1. The quantitative estimate of drug-likeness (QED) is 0.654. The monoisotopic (exact) mass is 177 g/mol. The molecule has 0 aliphatic rings. The minimum Gasteiger partial charge on any atom is -0.239 e. The number of rotatable bonds is 1. The van der Waals surface area contributed by atoms with Crippen LogP contribution < -0.4 is 0 Å². The highest BCUT2D eigenvalue weighted by Gasteiger charge is 1.96. The summed E-state index contributed by atoms with van der Waals surface area (Å²) in [4.78, 5) is 0. The molecule has 0 aliphatic carbocycles. The van der Waals surface area contributed by atoms with Gasteiger partial charge >= 0.3 is 0 Å². The van der Waals surface area contributed by atoms with Gasteiger partial charge in [0.25, 0.3) is 0 Å². The van der Waals surface area contributed by atoms with E-state index in [0.29, 0.717) is 5.02 Å². The molecule has 0 unspecified atom stereocenters. The van der Waals surface area contributed by atoms with Crippen molar-refractivity contribution in [1.82, 2.24) is 9.78 Å². The zero-order valence-corrected chi connectivity index (χ0v) is 6.99. The molecule has 0 saturated carbocycles. The lowest BCUT2D eigenvalue weighted by Gasteiger charge is -1.97. The van der Waals surface area contributed by atoms with Crippen molar-refractivity contribution in [2.75, 3.05) is 0 Å². The van der Waals surface area contributed by atoms with Crippen LogP contribution in [0.4, 0.5) is 0 Å².